The highest BCUT2D eigenvalue weighted by Gasteiger charge is 2.18. The van der Waals surface area contributed by atoms with Gasteiger partial charge in [0, 0.05) is 39.1 Å². The average Bonchev–Trinajstić information content (AvgIpc) is 3.04. The monoisotopic (exact) mass is 472 g/mol. The third-order valence-corrected chi connectivity index (χ3v) is 4.61. The number of amides is 1. The molecule has 0 bridgehead atoms. The largest absolute Gasteiger partial charge is 0.357 e. The highest BCUT2D eigenvalue weighted by molar-refractivity contribution is 14.0. The Morgan fingerprint density at radius 1 is 1.27 bits per heavy atom. The summed E-state index contributed by atoms with van der Waals surface area (Å²) in [6.07, 6.45) is 3.71. The van der Waals surface area contributed by atoms with Crippen molar-refractivity contribution < 1.29 is 4.79 Å². The van der Waals surface area contributed by atoms with Crippen molar-refractivity contribution >= 4 is 35.8 Å². The zero-order chi connectivity index (χ0) is 17.9. The molecule has 1 saturated heterocycles. The van der Waals surface area contributed by atoms with Crippen molar-refractivity contribution in [3.8, 4) is 0 Å². The highest BCUT2D eigenvalue weighted by atomic mass is 127. The van der Waals surface area contributed by atoms with Gasteiger partial charge in [-0.3, -0.25) is 9.79 Å². The Morgan fingerprint density at radius 3 is 2.69 bits per heavy atom. The summed E-state index contributed by atoms with van der Waals surface area (Å²) in [5.41, 5.74) is 1.38. The van der Waals surface area contributed by atoms with Crippen LogP contribution in [0.15, 0.2) is 35.3 Å². The minimum absolute atomic E-state index is 0. The van der Waals surface area contributed by atoms with Crippen LogP contribution in [0.3, 0.4) is 0 Å². The summed E-state index contributed by atoms with van der Waals surface area (Å²) < 4.78 is 0. The number of carbonyl (C=O) groups is 1. The van der Waals surface area contributed by atoms with Crippen molar-refractivity contribution in [2.24, 2.45) is 4.99 Å². The lowest BCUT2D eigenvalue weighted by Gasteiger charge is -2.16. The fraction of sp³-hybridized carbons (Fsp3) is 0.600. The van der Waals surface area contributed by atoms with E-state index in [0.29, 0.717) is 18.2 Å². The summed E-state index contributed by atoms with van der Waals surface area (Å²) in [5, 5.41) is 6.71. The molecule has 5 nitrogen and oxygen atoms in total. The highest BCUT2D eigenvalue weighted by Crippen LogP contribution is 2.17. The van der Waals surface area contributed by atoms with Crippen molar-refractivity contribution in [2.75, 3.05) is 32.7 Å². The number of nitrogens with zero attached hydrogens (tertiary/aromatic N) is 2. The maximum Gasteiger partial charge on any atom is 0.222 e. The van der Waals surface area contributed by atoms with Crippen molar-refractivity contribution in [1.82, 2.24) is 15.5 Å². The molecule has 0 saturated carbocycles. The molecule has 1 aromatic rings. The Balaban J connectivity index is 0.00000338. The number of aliphatic imine (C=N–C) groups is 1. The van der Waals surface area contributed by atoms with Gasteiger partial charge < -0.3 is 15.5 Å². The standard InChI is InChI=1S/C20H32N4O.HI/c1-3-21-20(22-13-8-16-24-15-7-11-19(24)25)23-14-12-17(2)18-9-5-4-6-10-18;/h4-6,9-10,17H,3,7-8,11-16H2,1-2H3,(H2,21,22,23);1H. The quantitative estimate of drug-likeness (QED) is 0.251. The van der Waals surface area contributed by atoms with Crippen molar-refractivity contribution in [3.05, 3.63) is 35.9 Å². The van der Waals surface area contributed by atoms with Gasteiger partial charge >= 0.3 is 0 Å². The first kappa shape index (κ1) is 22.7. The van der Waals surface area contributed by atoms with Crippen LogP contribution in [0.5, 0.6) is 0 Å². The van der Waals surface area contributed by atoms with Crippen LogP contribution in [-0.2, 0) is 4.79 Å². The minimum atomic E-state index is 0. The van der Waals surface area contributed by atoms with Crippen LogP contribution in [-0.4, -0.2) is 49.5 Å². The molecule has 0 aromatic heterocycles. The number of hydrogen-bond acceptors (Lipinski definition) is 2. The number of rotatable bonds is 9. The van der Waals surface area contributed by atoms with Crippen LogP contribution in [0, 0.1) is 0 Å². The summed E-state index contributed by atoms with van der Waals surface area (Å²) in [5.74, 6) is 1.69. The van der Waals surface area contributed by atoms with Gasteiger partial charge in [-0.05, 0) is 37.7 Å². The molecular formula is C20H33IN4O. The van der Waals surface area contributed by atoms with Gasteiger partial charge in [0.1, 0.15) is 0 Å². The summed E-state index contributed by atoms with van der Waals surface area (Å²) in [6.45, 7) is 8.57. The van der Waals surface area contributed by atoms with Gasteiger partial charge in [0.05, 0.1) is 0 Å². The summed E-state index contributed by atoms with van der Waals surface area (Å²) in [7, 11) is 0. The molecule has 26 heavy (non-hydrogen) atoms. The third kappa shape index (κ3) is 7.93. The molecule has 1 heterocycles. The molecule has 0 spiro atoms. The molecule has 1 amide bonds. The fourth-order valence-electron chi connectivity index (χ4n) is 3.09. The molecule has 2 N–H and O–H groups in total. The molecule has 1 unspecified atom stereocenters. The molecule has 1 fully saturated rings. The van der Waals surface area contributed by atoms with Gasteiger partial charge in [-0.1, -0.05) is 37.3 Å². The maximum absolute atomic E-state index is 11.6. The lowest BCUT2D eigenvalue weighted by atomic mass is 9.98. The van der Waals surface area contributed by atoms with Gasteiger partial charge in [-0.2, -0.15) is 0 Å². The molecule has 0 aliphatic carbocycles. The van der Waals surface area contributed by atoms with E-state index in [2.05, 4.69) is 59.8 Å². The predicted octanol–water partition coefficient (Wildman–Crippen LogP) is 3.37. The number of carbonyl (C=O) groups excluding carboxylic acids is 1. The molecule has 6 heteroatoms. The molecular weight excluding hydrogens is 439 g/mol. The smallest absolute Gasteiger partial charge is 0.222 e. The zero-order valence-corrected chi connectivity index (χ0v) is 18.4. The molecule has 1 aliphatic heterocycles. The molecule has 1 aliphatic rings. The Hall–Kier alpha value is -1.31. The number of benzene rings is 1. The number of nitrogens with one attached hydrogen (secondary N) is 2. The average molecular weight is 472 g/mol. The number of guanidine groups is 1. The SMILES string of the molecule is CCNC(=NCCCN1CCCC1=O)NCCC(C)c1ccccc1.I. The molecule has 2 rings (SSSR count). The summed E-state index contributed by atoms with van der Waals surface area (Å²) in [4.78, 5) is 18.2. The molecule has 1 atom stereocenters. The molecule has 1 aromatic carbocycles. The lowest BCUT2D eigenvalue weighted by molar-refractivity contribution is -0.127. The van der Waals surface area contributed by atoms with E-state index >= 15 is 0 Å². The normalized spacial score (nSPS) is 15.5. The lowest BCUT2D eigenvalue weighted by Crippen LogP contribution is -2.38. The maximum atomic E-state index is 11.6. The first-order chi connectivity index (χ1) is 12.2. The topological polar surface area (TPSA) is 56.7 Å². The number of halogens is 1. The zero-order valence-electron chi connectivity index (χ0n) is 16.0. The van der Waals surface area contributed by atoms with E-state index < -0.39 is 0 Å². The summed E-state index contributed by atoms with van der Waals surface area (Å²) >= 11 is 0. The number of likely N-dealkylation sites (tertiary alicyclic amines) is 1. The third-order valence-electron chi connectivity index (χ3n) is 4.61. The second kappa shape index (κ2) is 12.9. The van der Waals surface area contributed by atoms with Crippen LogP contribution in [0.2, 0.25) is 0 Å². The number of hydrogen-bond donors (Lipinski definition) is 2. The van der Waals surface area contributed by atoms with E-state index in [0.717, 1.165) is 57.9 Å². The Bertz CT molecular complexity index is 550. The van der Waals surface area contributed by atoms with Crippen molar-refractivity contribution in [1.29, 1.82) is 0 Å². The fourth-order valence-corrected chi connectivity index (χ4v) is 3.09. The van der Waals surface area contributed by atoms with Gasteiger partial charge in [0.15, 0.2) is 5.96 Å². The first-order valence-electron chi connectivity index (χ1n) is 9.55. The van der Waals surface area contributed by atoms with Gasteiger partial charge in [-0.15, -0.1) is 24.0 Å². The van der Waals surface area contributed by atoms with Crippen LogP contribution in [0.1, 0.15) is 51.0 Å². The minimum Gasteiger partial charge on any atom is -0.357 e. The van der Waals surface area contributed by atoms with E-state index in [1.54, 1.807) is 0 Å². The Labute approximate surface area is 175 Å². The Kier molecular flexibility index (Phi) is 11.3. The van der Waals surface area contributed by atoms with Crippen LogP contribution in [0.4, 0.5) is 0 Å². The van der Waals surface area contributed by atoms with E-state index in [-0.39, 0.29) is 24.0 Å². The predicted molar refractivity (Wildman–Crippen MR) is 119 cm³/mol. The van der Waals surface area contributed by atoms with Crippen LogP contribution >= 0.6 is 24.0 Å². The second-order valence-corrected chi connectivity index (χ2v) is 6.63. The van der Waals surface area contributed by atoms with E-state index in [1.807, 2.05) is 4.90 Å². The second-order valence-electron chi connectivity index (χ2n) is 6.63. The van der Waals surface area contributed by atoms with E-state index in [4.69, 9.17) is 0 Å². The first-order valence-corrected chi connectivity index (χ1v) is 9.55. The van der Waals surface area contributed by atoms with Crippen molar-refractivity contribution in [3.63, 3.8) is 0 Å². The van der Waals surface area contributed by atoms with Gasteiger partial charge in [-0.25, -0.2) is 0 Å². The molecule has 0 radical (unpaired) electrons. The van der Waals surface area contributed by atoms with Gasteiger partial charge in [0.2, 0.25) is 5.91 Å². The summed E-state index contributed by atoms with van der Waals surface area (Å²) in [6, 6.07) is 10.6. The van der Waals surface area contributed by atoms with Crippen molar-refractivity contribution in [2.45, 2.75) is 45.4 Å². The van der Waals surface area contributed by atoms with E-state index in [9.17, 15) is 4.79 Å². The van der Waals surface area contributed by atoms with Crippen LogP contribution in [0.25, 0.3) is 0 Å². The van der Waals surface area contributed by atoms with Gasteiger partial charge in [0.25, 0.3) is 0 Å². The van der Waals surface area contributed by atoms with E-state index in [1.165, 1.54) is 5.56 Å². The Morgan fingerprint density at radius 2 is 2.04 bits per heavy atom. The van der Waals surface area contributed by atoms with Crippen LogP contribution < -0.4 is 10.6 Å². The molecule has 146 valence electrons.